The lowest BCUT2D eigenvalue weighted by molar-refractivity contribution is -0.129. The maximum Gasteiger partial charge on any atom is 0.229 e. The third-order valence-corrected chi connectivity index (χ3v) is 9.81. The molecule has 2 aromatic carbocycles. The smallest absolute Gasteiger partial charge is 0.229 e. The zero-order chi connectivity index (χ0) is 34.9. The van der Waals surface area contributed by atoms with Crippen LogP contribution in [-0.4, -0.2) is 70.9 Å². The Morgan fingerprint density at radius 2 is 1.74 bits per heavy atom. The van der Waals surface area contributed by atoms with Crippen molar-refractivity contribution in [2.24, 2.45) is 0 Å². The van der Waals surface area contributed by atoms with Crippen LogP contribution in [-0.2, 0) is 46.9 Å². The number of nitrogens with one attached hydrogen (secondary N) is 3. The van der Waals surface area contributed by atoms with E-state index in [2.05, 4.69) is 63.2 Å². The summed E-state index contributed by atoms with van der Waals surface area (Å²) in [6.07, 6.45) is 7.93. The first-order chi connectivity index (χ1) is 24.4. The summed E-state index contributed by atoms with van der Waals surface area (Å²) in [5.74, 6) is 0.103. The van der Waals surface area contributed by atoms with Crippen molar-refractivity contribution >= 4 is 28.5 Å². The van der Waals surface area contributed by atoms with Crippen LogP contribution < -0.4 is 20.7 Å². The Morgan fingerprint density at radius 1 is 0.960 bits per heavy atom. The minimum atomic E-state index is -0.341. The molecule has 2 aliphatic rings. The third-order valence-electron chi connectivity index (χ3n) is 9.81. The molecular weight excluding hydrogens is 630 g/mol. The van der Waals surface area contributed by atoms with Gasteiger partial charge in [0.15, 0.2) is 5.65 Å². The molecule has 2 fully saturated rings. The molecule has 0 bridgehead atoms. The Hall–Kier alpha value is -4.48. The van der Waals surface area contributed by atoms with Gasteiger partial charge in [0.2, 0.25) is 11.8 Å². The number of carbonyl (C=O) groups is 2. The zero-order valence-electron chi connectivity index (χ0n) is 29.7. The predicted molar refractivity (Wildman–Crippen MR) is 196 cm³/mol. The minimum Gasteiger partial charge on any atom is -0.496 e. The maximum atomic E-state index is 13.1. The van der Waals surface area contributed by atoms with Crippen molar-refractivity contribution in [3.63, 3.8) is 0 Å². The summed E-state index contributed by atoms with van der Waals surface area (Å²) in [6, 6.07) is 14.8. The molecule has 0 unspecified atom stereocenters. The number of methoxy groups -OCH3 is 1. The number of pyridine rings is 1. The van der Waals surface area contributed by atoms with Gasteiger partial charge in [0.05, 0.1) is 24.4 Å². The highest BCUT2D eigenvalue weighted by Crippen LogP contribution is 2.33. The van der Waals surface area contributed by atoms with Gasteiger partial charge in [-0.15, -0.1) is 0 Å². The number of aromatic nitrogens is 3. The summed E-state index contributed by atoms with van der Waals surface area (Å²) in [7, 11) is 1.68. The first kappa shape index (κ1) is 35.3. The van der Waals surface area contributed by atoms with E-state index in [-0.39, 0.29) is 30.8 Å². The maximum absolute atomic E-state index is 13.1. The molecule has 50 heavy (non-hydrogen) atoms. The van der Waals surface area contributed by atoms with E-state index < -0.39 is 0 Å². The highest BCUT2D eigenvalue weighted by Gasteiger charge is 2.22. The molecule has 0 atom stereocenters. The first-order valence-corrected chi connectivity index (χ1v) is 18.2. The fraction of sp³-hybridized carbons (Fsp3) is 0.487. The van der Waals surface area contributed by atoms with Crippen molar-refractivity contribution in [2.45, 2.75) is 91.0 Å². The van der Waals surface area contributed by atoms with Crippen LogP contribution in [0, 0.1) is 0 Å². The number of carbonyl (C=O) groups excluding carboxylic acids is 2. The molecule has 3 N–H and O–H groups in total. The van der Waals surface area contributed by atoms with Crippen molar-refractivity contribution in [3.05, 3.63) is 71.0 Å². The minimum absolute atomic E-state index is 0.256. The van der Waals surface area contributed by atoms with Crippen LogP contribution in [0.5, 0.6) is 5.75 Å². The molecule has 0 radical (unpaired) electrons. The zero-order valence-corrected chi connectivity index (χ0v) is 29.7. The molecule has 6 rings (SSSR count). The van der Waals surface area contributed by atoms with Crippen LogP contribution in [0.3, 0.4) is 0 Å². The Morgan fingerprint density at radius 3 is 2.48 bits per heavy atom. The van der Waals surface area contributed by atoms with Crippen LogP contribution in [0.4, 0.5) is 5.69 Å². The summed E-state index contributed by atoms with van der Waals surface area (Å²) in [5, 5.41) is 15.2. The van der Waals surface area contributed by atoms with Gasteiger partial charge in [0, 0.05) is 62.3 Å². The topological polar surface area (TPSA) is 123 Å². The van der Waals surface area contributed by atoms with E-state index in [0.29, 0.717) is 32.7 Å². The summed E-state index contributed by atoms with van der Waals surface area (Å²) in [6.45, 7) is 10.1. The average molecular weight is 682 g/mol. The molecule has 0 saturated carbocycles. The number of amides is 2. The number of aryl methyl sites for hydroxylation is 2. The lowest BCUT2D eigenvalue weighted by Gasteiger charge is -2.26. The Labute approximate surface area is 295 Å². The van der Waals surface area contributed by atoms with E-state index >= 15 is 0 Å². The standard InChI is InChI=1S/C39H51N7O4/c1-4-34-32(38(43-30-14-18-50-19-15-30)33-25-42-46(5-2)39(33)44-34)24-41-37(48)22-36(47)40-23-27-12-13-35(49-3)31(21-27)29-11-9-10-28(20-29)26-45-16-7-6-8-17-45/h9-13,20-21,25,30H,4-8,14-19,22-24,26H2,1-3H3,(H,40,47)(H,41,48)(H,43,44). The van der Waals surface area contributed by atoms with Gasteiger partial charge in [-0.05, 0) is 87.0 Å². The number of fused-ring (bicyclic) bond motifs is 1. The Balaban J connectivity index is 1.09. The van der Waals surface area contributed by atoms with E-state index in [1.54, 1.807) is 7.11 Å². The summed E-state index contributed by atoms with van der Waals surface area (Å²) in [4.78, 5) is 33.5. The van der Waals surface area contributed by atoms with Crippen molar-refractivity contribution in [1.29, 1.82) is 0 Å². The molecule has 4 heterocycles. The van der Waals surface area contributed by atoms with E-state index in [9.17, 15) is 9.59 Å². The monoisotopic (exact) mass is 681 g/mol. The lowest BCUT2D eigenvalue weighted by Crippen LogP contribution is -2.32. The predicted octanol–water partition coefficient (Wildman–Crippen LogP) is 5.59. The normalized spacial score (nSPS) is 15.6. The second kappa shape index (κ2) is 17.0. The molecule has 266 valence electrons. The Kier molecular flexibility index (Phi) is 12.0. The van der Waals surface area contributed by atoms with Gasteiger partial charge in [-0.25, -0.2) is 9.67 Å². The lowest BCUT2D eigenvalue weighted by atomic mass is 9.99. The average Bonchev–Trinajstić information content (AvgIpc) is 3.57. The number of ether oxygens (including phenoxy) is 2. The molecule has 11 heteroatoms. The van der Waals surface area contributed by atoms with E-state index in [0.717, 1.165) is 82.9 Å². The molecule has 0 aliphatic carbocycles. The van der Waals surface area contributed by atoms with Crippen molar-refractivity contribution in [2.75, 3.05) is 38.7 Å². The van der Waals surface area contributed by atoms with Crippen molar-refractivity contribution < 1.29 is 19.1 Å². The molecule has 0 spiro atoms. The number of hydrogen-bond acceptors (Lipinski definition) is 8. The molecule has 2 amide bonds. The summed E-state index contributed by atoms with van der Waals surface area (Å²) >= 11 is 0. The number of anilines is 1. The van der Waals surface area contributed by atoms with Gasteiger partial charge in [0.1, 0.15) is 12.2 Å². The van der Waals surface area contributed by atoms with Crippen molar-refractivity contribution in [3.8, 4) is 16.9 Å². The highest BCUT2D eigenvalue weighted by molar-refractivity contribution is 5.97. The number of likely N-dealkylation sites (tertiary alicyclic amines) is 1. The number of piperidine rings is 1. The number of rotatable bonds is 14. The second-order valence-corrected chi connectivity index (χ2v) is 13.3. The third kappa shape index (κ3) is 8.62. The van der Waals surface area contributed by atoms with Crippen LogP contribution >= 0.6 is 0 Å². The van der Waals surface area contributed by atoms with E-state index in [1.807, 2.05) is 29.9 Å². The van der Waals surface area contributed by atoms with Gasteiger partial charge >= 0.3 is 0 Å². The summed E-state index contributed by atoms with van der Waals surface area (Å²) in [5.41, 5.74) is 7.89. The van der Waals surface area contributed by atoms with Gasteiger partial charge < -0.3 is 25.4 Å². The highest BCUT2D eigenvalue weighted by atomic mass is 16.5. The number of benzene rings is 2. The second-order valence-electron chi connectivity index (χ2n) is 13.3. The van der Waals surface area contributed by atoms with Crippen LogP contribution in [0.15, 0.2) is 48.7 Å². The van der Waals surface area contributed by atoms with E-state index in [4.69, 9.17) is 14.5 Å². The van der Waals surface area contributed by atoms with Crippen LogP contribution in [0.2, 0.25) is 0 Å². The van der Waals surface area contributed by atoms with Gasteiger partial charge in [-0.2, -0.15) is 5.10 Å². The van der Waals surface area contributed by atoms with Crippen LogP contribution in [0.25, 0.3) is 22.2 Å². The van der Waals surface area contributed by atoms with Gasteiger partial charge in [-0.1, -0.05) is 37.6 Å². The molecule has 2 saturated heterocycles. The van der Waals surface area contributed by atoms with Crippen LogP contribution in [0.1, 0.15) is 74.8 Å². The molecular formula is C39H51N7O4. The largest absolute Gasteiger partial charge is 0.496 e. The fourth-order valence-corrected chi connectivity index (χ4v) is 7.06. The molecule has 4 aromatic rings. The van der Waals surface area contributed by atoms with Gasteiger partial charge in [-0.3, -0.25) is 14.5 Å². The fourth-order valence-electron chi connectivity index (χ4n) is 7.06. The Bertz CT molecular complexity index is 1780. The quantitative estimate of drug-likeness (QED) is 0.147. The van der Waals surface area contributed by atoms with Crippen molar-refractivity contribution in [1.82, 2.24) is 30.3 Å². The summed E-state index contributed by atoms with van der Waals surface area (Å²) < 4.78 is 13.2. The SMILES string of the molecule is CCc1nc2c(cnn2CC)c(NC2CCOCC2)c1CNC(=O)CC(=O)NCc1ccc(OC)c(-c2cccc(CN3CCCCC3)c2)c1. The van der Waals surface area contributed by atoms with Gasteiger partial charge in [0.25, 0.3) is 0 Å². The number of hydrogen-bond donors (Lipinski definition) is 3. The molecule has 11 nitrogen and oxygen atoms in total. The number of nitrogens with zero attached hydrogens (tertiary/aromatic N) is 4. The van der Waals surface area contributed by atoms with E-state index in [1.165, 1.54) is 24.8 Å². The first-order valence-electron chi connectivity index (χ1n) is 18.2. The molecule has 2 aromatic heterocycles. The molecule has 2 aliphatic heterocycles.